The standard InChI is InChI=1S/C15H22N2O4/c1-3-17(9-12-4-6-20-10-12)14(18)8-16-15(19)13-5-7-21-11(13)2/h5,7,12H,3-4,6,8-10H2,1-2H3,(H,16,19)/t12-/m1/s1. The Morgan fingerprint density at radius 1 is 1.48 bits per heavy atom. The number of rotatable bonds is 6. The summed E-state index contributed by atoms with van der Waals surface area (Å²) in [5.74, 6) is 0.602. The van der Waals surface area contributed by atoms with Gasteiger partial charge in [0.2, 0.25) is 5.91 Å². The lowest BCUT2D eigenvalue weighted by Gasteiger charge is -2.23. The Morgan fingerprint density at radius 3 is 2.86 bits per heavy atom. The molecule has 0 saturated carbocycles. The third-order valence-electron chi connectivity index (χ3n) is 3.74. The summed E-state index contributed by atoms with van der Waals surface area (Å²) in [4.78, 5) is 25.9. The van der Waals surface area contributed by atoms with Crippen LogP contribution >= 0.6 is 0 Å². The molecule has 1 saturated heterocycles. The first-order valence-electron chi connectivity index (χ1n) is 7.29. The average Bonchev–Trinajstić information content (AvgIpc) is 3.13. The van der Waals surface area contributed by atoms with Crippen molar-refractivity contribution in [3.05, 3.63) is 23.7 Å². The molecule has 2 rings (SSSR count). The lowest BCUT2D eigenvalue weighted by atomic mass is 10.1. The van der Waals surface area contributed by atoms with Crippen molar-refractivity contribution >= 4 is 11.8 Å². The van der Waals surface area contributed by atoms with Crippen molar-refractivity contribution in [2.75, 3.05) is 32.8 Å². The van der Waals surface area contributed by atoms with Gasteiger partial charge in [-0.2, -0.15) is 0 Å². The second-order valence-corrected chi connectivity index (χ2v) is 5.24. The molecule has 0 radical (unpaired) electrons. The second-order valence-electron chi connectivity index (χ2n) is 5.24. The minimum atomic E-state index is -0.283. The largest absolute Gasteiger partial charge is 0.469 e. The van der Waals surface area contributed by atoms with Gasteiger partial charge in [-0.05, 0) is 26.3 Å². The van der Waals surface area contributed by atoms with Gasteiger partial charge < -0.3 is 19.4 Å². The van der Waals surface area contributed by atoms with Crippen molar-refractivity contribution in [1.82, 2.24) is 10.2 Å². The Kier molecular flexibility index (Phi) is 5.38. The molecule has 1 atom stereocenters. The summed E-state index contributed by atoms with van der Waals surface area (Å²) < 4.78 is 10.4. The van der Waals surface area contributed by atoms with Crippen molar-refractivity contribution in [3.8, 4) is 0 Å². The molecule has 1 fully saturated rings. The maximum absolute atomic E-state index is 12.2. The van der Waals surface area contributed by atoms with Crippen LogP contribution in [0.3, 0.4) is 0 Å². The third-order valence-corrected chi connectivity index (χ3v) is 3.74. The van der Waals surface area contributed by atoms with E-state index in [9.17, 15) is 9.59 Å². The fourth-order valence-electron chi connectivity index (χ4n) is 2.43. The number of ether oxygens (including phenoxy) is 1. The molecule has 0 bridgehead atoms. The Labute approximate surface area is 124 Å². The molecule has 1 aliphatic heterocycles. The molecule has 6 nitrogen and oxygen atoms in total. The van der Waals surface area contributed by atoms with Crippen molar-refractivity contribution in [1.29, 1.82) is 0 Å². The number of carbonyl (C=O) groups is 2. The van der Waals surface area contributed by atoms with E-state index in [1.54, 1.807) is 17.9 Å². The molecule has 21 heavy (non-hydrogen) atoms. The topological polar surface area (TPSA) is 71.8 Å². The molecular weight excluding hydrogens is 272 g/mol. The molecule has 6 heteroatoms. The summed E-state index contributed by atoms with van der Waals surface area (Å²) in [6.45, 7) is 6.47. The molecule has 1 aromatic rings. The summed E-state index contributed by atoms with van der Waals surface area (Å²) in [5, 5.41) is 2.64. The van der Waals surface area contributed by atoms with Crippen LogP contribution in [0.5, 0.6) is 0 Å². The molecule has 0 unspecified atom stereocenters. The van der Waals surface area contributed by atoms with Crippen LogP contribution in [-0.2, 0) is 9.53 Å². The highest BCUT2D eigenvalue weighted by molar-refractivity contribution is 5.97. The van der Waals surface area contributed by atoms with Crippen LogP contribution in [0, 0.1) is 12.8 Å². The normalized spacial score (nSPS) is 17.7. The highest BCUT2D eigenvalue weighted by Crippen LogP contribution is 2.14. The van der Waals surface area contributed by atoms with Crippen LogP contribution in [0.15, 0.2) is 16.7 Å². The molecule has 2 heterocycles. The number of carbonyl (C=O) groups excluding carboxylic acids is 2. The van der Waals surface area contributed by atoms with Crippen molar-refractivity contribution < 1.29 is 18.7 Å². The van der Waals surface area contributed by atoms with E-state index in [0.29, 0.717) is 36.9 Å². The molecule has 1 aromatic heterocycles. The highest BCUT2D eigenvalue weighted by atomic mass is 16.5. The van der Waals surface area contributed by atoms with Gasteiger partial charge in [0, 0.05) is 25.6 Å². The van der Waals surface area contributed by atoms with Gasteiger partial charge >= 0.3 is 0 Å². The van der Waals surface area contributed by atoms with E-state index in [2.05, 4.69) is 5.32 Å². The second kappa shape index (κ2) is 7.26. The Bertz CT molecular complexity index is 492. The Morgan fingerprint density at radius 2 is 2.29 bits per heavy atom. The summed E-state index contributed by atoms with van der Waals surface area (Å²) >= 11 is 0. The average molecular weight is 294 g/mol. The van der Waals surface area contributed by atoms with Gasteiger partial charge in [0.1, 0.15) is 5.76 Å². The maximum Gasteiger partial charge on any atom is 0.255 e. The van der Waals surface area contributed by atoms with Crippen LogP contribution in [0.25, 0.3) is 0 Å². The predicted molar refractivity (Wildman–Crippen MR) is 77.0 cm³/mol. The van der Waals surface area contributed by atoms with Gasteiger partial charge in [-0.1, -0.05) is 0 Å². The quantitative estimate of drug-likeness (QED) is 0.856. The Balaban J connectivity index is 1.82. The summed E-state index contributed by atoms with van der Waals surface area (Å²) in [6.07, 6.45) is 2.45. The number of amides is 2. The van der Waals surface area contributed by atoms with E-state index in [-0.39, 0.29) is 18.4 Å². The zero-order valence-corrected chi connectivity index (χ0v) is 12.6. The molecular formula is C15H22N2O4. The van der Waals surface area contributed by atoms with Crippen LogP contribution in [0.1, 0.15) is 29.5 Å². The Hall–Kier alpha value is -1.82. The van der Waals surface area contributed by atoms with Crippen LogP contribution < -0.4 is 5.32 Å². The van der Waals surface area contributed by atoms with Gasteiger partial charge in [-0.3, -0.25) is 9.59 Å². The number of likely N-dealkylation sites (N-methyl/N-ethyl adjacent to an activating group) is 1. The number of nitrogens with zero attached hydrogens (tertiary/aromatic N) is 1. The monoisotopic (exact) mass is 294 g/mol. The molecule has 1 N–H and O–H groups in total. The number of furan rings is 1. The van der Waals surface area contributed by atoms with E-state index < -0.39 is 0 Å². The lowest BCUT2D eigenvalue weighted by molar-refractivity contribution is -0.130. The molecule has 116 valence electrons. The zero-order valence-electron chi connectivity index (χ0n) is 12.6. The van der Waals surface area contributed by atoms with Crippen molar-refractivity contribution in [2.45, 2.75) is 20.3 Å². The number of hydrogen-bond acceptors (Lipinski definition) is 4. The third kappa shape index (κ3) is 4.07. The first-order chi connectivity index (χ1) is 10.1. The number of hydrogen-bond donors (Lipinski definition) is 1. The lowest BCUT2D eigenvalue weighted by Crippen LogP contribution is -2.42. The minimum Gasteiger partial charge on any atom is -0.469 e. The molecule has 1 aliphatic rings. The summed E-state index contributed by atoms with van der Waals surface area (Å²) in [5.41, 5.74) is 0.468. The highest BCUT2D eigenvalue weighted by Gasteiger charge is 2.22. The van der Waals surface area contributed by atoms with Crippen LogP contribution in [0.2, 0.25) is 0 Å². The molecule has 0 spiro atoms. The smallest absolute Gasteiger partial charge is 0.255 e. The first kappa shape index (κ1) is 15.6. The molecule has 0 aliphatic carbocycles. The maximum atomic E-state index is 12.2. The van der Waals surface area contributed by atoms with E-state index >= 15 is 0 Å². The van der Waals surface area contributed by atoms with Gasteiger partial charge in [0.25, 0.3) is 5.91 Å². The van der Waals surface area contributed by atoms with Crippen molar-refractivity contribution in [3.63, 3.8) is 0 Å². The molecule has 2 amide bonds. The number of aryl methyl sites for hydroxylation is 1. The van der Waals surface area contributed by atoms with Gasteiger partial charge in [-0.25, -0.2) is 0 Å². The van der Waals surface area contributed by atoms with Gasteiger partial charge in [0.05, 0.1) is 25.0 Å². The van der Waals surface area contributed by atoms with E-state index in [1.807, 2.05) is 6.92 Å². The first-order valence-corrected chi connectivity index (χ1v) is 7.29. The van der Waals surface area contributed by atoms with Gasteiger partial charge in [0.15, 0.2) is 0 Å². The number of nitrogens with one attached hydrogen (secondary N) is 1. The SMILES string of the molecule is CCN(C[C@H]1CCOC1)C(=O)CNC(=O)c1ccoc1C. The van der Waals surface area contributed by atoms with Crippen molar-refractivity contribution in [2.24, 2.45) is 5.92 Å². The van der Waals surface area contributed by atoms with E-state index in [0.717, 1.165) is 13.0 Å². The summed E-state index contributed by atoms with van der Waals surface area (Å²) in [6, 6.07) is 1.60. The van der Waals surface area contributed by atoms with Gasteiger partial charge in [-0.15, -0.1) is 0 Å². The fraction of sp³-hybridized carbons (Fsp3) is 0.600. The zero-order chi connectivity index (χ0) is 15.2. The molecule has 0 aromatic carbocycles. The van der Waals surface area contributed by atoms with E-state index in [1.165, 1.54) is 6.26 Å². The summed E-state index contributed by atoms with van der Waals surface area (Å²) in [7, 11) is 0. The fourth-order valence-corrected chi connectivity index (χ4v) is 2.43. The van der Waals surface area contributed by atoms with Crippen LogP contribution in [-0.4, -0.2) is 49.6 Å². The minimum absolute atomic E-state index is 0.00483. The van der Waals surface area contributed by atoms with Crippen LogP contribution in [0.4, 0.5) is 0 Å². The van der Waals surface area contributed by atoms with E-state index in [4.69, 9.17) is 9.15 Å². The predicted octanol–water partition coefficient (Wildman–Crippen LogP) is 1.20.